The number of hydrogen-bond acceptors (Lipinski definition) is 4. The summed E-state index contributed by atoms with van der Waals surface area (Å²) in [5.74, 6) is 1.70. The van der Waals surface area contributed by atoms with Crippen LogP contribution in [-0.2, 0) is 0 Å². The Kier molecular flexibility index (Phi) is 2.37. The molecule has 0 bridgehead atoms. The number of anilines is 1. The zero-order valence-electron chi connectivity index (χ0n) is 8.45. The smallest absolute Gasteiger partial charge is 0.129 e. The summed E-state index contributed by atoms with van der Waals surface area (Å²) in [7, 11) is 0. The Morgan fingerprint density at radius 3 is 2.93 bits per heavy atom. The number of nitrogens with zero attached hydrogens (tertiary/aromatic N) is 2. The lowest BCUT2D eigenvalue weighted by atomic mass is 10.1. The highest BCUT2D eigenvalue weighted by Crippen LogP contribution is 2.44. The van der Waals surface area contributed by atoms with Crippen LogP contribution in [0.2, 0.25) is 0 Å². The summed E-state index contributed by atoms with van der Waals surface area (Å²) in [6.45, 7) is 3.59. The SMILES string of the molecule is Cc1nccc(NCC2(CN)CC2)n1. The third-order valence-corrected chi connectivity index (χ3v) is 2.81. The average Bonchev–Trinajstić information content (AvgIpc) is 2.96. The Hall–Kier alpha value is -1.16. The van der Waals surface area contributed by atoms with Crippen molar-refractivity contribution in [1.29, 1.82) is 0 Å². The summed E-state index contributed by atoms with van der Waals surface area (Å²) < 4.78 is 0. The molecule has 0 spiro atoms. The molecular weight excluding hydrogens is 176 g/mol. The molecule has 0 radical (unpaired) electrons. The van der Waals surface area contributed by atoms with Crippen LogP contribution in [0.1, 0.15) is 18.7 Å². The highest BCUT2D eigenvalue weighted by molar-refractivity contribution is 5.33. The third-order valence-electron chi connectivity index (χ3n) is 2.81. The molecule has 1 aromatic rings. The van der Waals surface area contributed by atoms with Crippen LogP contribution in [0, 0.1) is 12.3 Å². The zero-order valence-corrected chi connectivity index (χ0v) is 8.45. The van der Waals surface area contributed by atoms with Crippen molar-refractivity contribution in [3.05, 3.63) is 18.1 Å². The van der Waals surface area contributed by atoms with Gasteiger partial charge < -0.3 is 11.1 Å². The molecule has 14 heavy (non-hydrogen) atoms. The van der Waals surface area contributed by atoms with Crippen LogP contribution in [0.25, 0.3) is 0 Å². The van der Waals surface area contributed by atoms with Gasteiger partial charge in [0.25, 0.3) is 0 Å². The first kappa shape index (κ1) is 9.40. The van der Waals surface area contributed by atoms with E-state index >= 15 is 0 Å². The highest BCUT2D eigenvalue weighted by Gasteiger charge is 2.40. The third kappa shape index (κ3) is 2.01. The lowest BCUT2D eigenvalue weighted by Gasteiger charge is -2.13. The van der Waals surface area contributed by atoms with E-state index < -0.39 is 0 Å². The fourth-order valence-electron chi connectivity index (χ4n) is 1.46. The Bertz CT molecular complexity index is 320. The van der Waals surface area contributed by atoms with E-state index in [0.717, 1.165) is 24.7 Å². The predicted octanol–water partition coefficient (Wildman–Crippen LogP) is 0.936. The van der Waals surface area contributed by atoms with Gasteiger partial charge in [-0.05, 0) is 37.8 Å². The Morgan fingerprint density at radius 1 is 1.57 bits per heavy atom. The largest absolute Gasteiger partial charge is 0.369 e. The maximum atomic E-state index is 5.69. The number of nitrogens with two attached hydrogens (primary N) is 1. The molecule has 4 nitrogen and oxygen atoms in total. The number of hydrogen-bond donors (Lipinski definition) is 2. The van der Waals surface area contributed by atoms with Crippen molar-refractivity contribution in [2.75, 3.05) is 18.4 Å². The van der Waals surface area contributed by atoms with E-state index in [2.05, 4.69) is 15.3 Å². The lowest BCUT2D eigenvalue weighted by Crippen LogP contribution is -2.24. The van der Waals surface area contributed by atoms with E-state index in [-0.39, 0.29) is 0 Å². The van der Waals surface area contributed by atoms with Gasteiger partial charge in [0.1, 0.15) is 11.6 Å². The first-order chi connectivity index (χ1) is 6.74. The molecule has 1 fully saturated rings. The van der Waals surface area contributed by atoms with E-state index in [0.29, 0.717) is 5.41 Å². The molecule has 2 rings (SSSR count). The van der Waals surface area contributed by atoms with Crippen LogP contribution in [0.5, 0.6) is 0 Å². The van der Waals surface area contributed by atoms with Crippen molar-refractivity contribution in [2.24, 2.45) is 11.1 Å². The molecule has 1 aromatic heterocycles. The molecule has 0 unspecified atom stereocenters. The van der Waals surface area contributed by atoms with Crippen molar-refractivity contribution in [2.45, 2.75) is 19.8 Å². The quantitative estimate of drug-likeness (QED) is 0.745. The fourth-order valence-corrected chi connectivity index (χ4v) is 1.46. The monoisotopic (exact) mass is 192 g/mol. The van der Waals surface area contributed by atoms with Crippen molar-refractivity contribution < 1.29 is 0 Å². The minimum absolute atomic E-state index is 0.346. The van der Waals surface area contributed by atoms with Crippen LogP contribution < -0.4 is 11.1 Å². The standard InChI is InChI=1S/C10H16N4/c1-8-12-5-2-9(14-8)13-7-10(6-11)3-4-10/h2,5H,3-4,6-7,11H2,1H3,(H,12,13,14). The lowest BCUT2D eigenvalue weighted by molar-refractivity contribution is 0.555. The minimum Gasteiger partial charge on any atom is -0.369 e. The number of rotatable bonds is 4. The minimum atomic E-state index is 0.346. The molecule has 0 amide bonds. The van der Waals surface area contributed by atoms with Gasteiger partial charge in [-0.2, -0.15) is 0 Å². The topological polar surface area (TPSA) is 63.8 Å². The van der Waals surface area contributed by atoms with Crippen LogP contribution in [-0.4, -0.2) is 23.1 Å². The molecule has 1 aliphatic carbocycles. The van der Waals surface area contributed by atoms with Crippen molar-refractivity contribution in [1.82, 2.24) is 9.97 Å². The molecule has 76 valence electrons. The van der Waals surface area contributed by atoms with Crippen LogP contribution in [0.15, 0.2) is 12.3 Å². The van der Waals surface area contributed by atoms with E-state index in [1.807, 2.05) is 13.0 Å². The van der Waals surface area contributed by atoms with Gasteiger partial charge in [-0.25, -0.2) is 9.97 Å². The molecule has 0 aromatic carbocycles. The summed E-state index contributed by atoms with van der Waals surface area (Å²) >= 11 is 0. The second kappa shape index (κ2) is 3.53. The molecule has 1 aliphatic rings. The molecule has 0 aliphatic heterocycles. The Labute approximate surface area is 83.9 Å². The normalized spacial score (nSPS) is 17.9. The van der Waals surface area contributed by atoms with Gasteiger partial charge in [0.05, 0.1) is 0 Å². The zero-order chi connectivity index (χ0) is 10.0. The van der Waals surface area contributed by atoms with Crippen molar-refractivity contribution >= 4 is 5.82 Å². The summed E-state index contributed by atoms with van der Waals surface area (Å²) in [5.41, 5.74) is 6.04. The van der Waals surface area contributed by atoms with Crippen molar-refractivity contribution in [3.63, 3.8) is 0 Å². The van der Waals surface area contributed by atoms with Gasteiger partial charge in [-0.3, -0.25) is 0 Å². The molecule has 1 heterocycles. The predicted molar refractivity (Wildman–Crippen MR) is 56.0 cm³/mol. The van der Waals surface area contributed by atoms with Crippen LogP contribution in [0.4, 0.5) is 5.82 Å². The Morgan fingerprint density at radius 2 is 2.36 bits per heavy atom. The van der Waals surface area contributed by atoms with Gasteiger partial charge in [0.15, 0.2) is 0 Å². The first-order valence-corrected chi connectivity index (χ1v) is 4.98. The van der Waals surface area contributed by atoms with Crippen molar-refractivity contribution in [3.8, 4) is 0 Å². The maximum absolute atomic E-state index is 5.69. The fraction of sp³-hybridized carbons (Fsp3) is 0.600. The summed E-state index contributed by atoms with van der Waals surface area (Å²) in [6, 6.07) is 1.89. The molecule has 3 N–H and O–H groups in total. The number of aryl methyl sites for hydroxylation is 1. The second-order valence-corrected chi connectivity index (χ2v) is 4.05. The summed E-state index contributed by atoms with van der Waals surface area (Å²) in [4.78, 5) is 8.32. The Balaban J connectivity index is 1.92. The molecule has 0 saturated heterocycles. The second-order valence-electron chi connectivity index (χ2n) is 4.05. The van der Waals surface area contributed by atoms with Gasteiger partial charge >= 0.3 is 0 Å². The highest BCUT2D eigenvalue weighted by atomic mass is 15.0. The van der Waals surface area contributed by atoms with Crippen LogP contribution in [0.3, 0.4) is 0 Å². The van der Waals surface area contributed by atoms with Gasteiger partial charge in [0, 0.05) is 12.7 Å². The molecular formula is C10H16N4. The van der Waals surface area contributed by atoms with E-state index in [1.165, 1.54) is 12.8 Å². The number of aromatic nitrogens is 2. The molecule has 4 heteroatoms. The van der Waals surface area contributed by atoms with E-state index in [9.17, 15) is 0 Å². The van der Waals surface area contributed by atoms with Gasteiger partial charge in [-0.15, -0.1) is 0 Å². The summed E-state index contributed by atoms with van der Waals surface area (Å²) in [6.07, 6.45) is 4.24. The molecule has 1 saturated carbocycles. The van der Waals surface area contributed by atoms with Gasteiger partial charge in [0.2, 0.25) is 0 Å². The van der Waals surface area contributed by atoms with E-state index in [4.69, 9.17) is 5.73 Å². The average molecular weight is 192 g/mol. The maximum Gasteiger partial charge on any atom is 0.129 e. The van der Waals surface area contributed by atoms with Gasteiger partial charge in [-0.1, -0.05) is 0 Å². The first-order valence-electron chi connectivity index (χ1n) is 4.98. The molecule has 0 atom stereocenters. The van der Waals surface area contributed by atoms with E-state index in [1.54, 1.807) is 6.20 Å². The summed E-state index contributed by atoms with van der Waals surface area (Å²) in [5, 5.41) is 3.31. The van der Waals surface area contributed by atoms with Crippen LogP contribution >= 0.6 is 0 Å². The number of nitrogens with one attached hydrogen (secondary N) is 1.